The van der Waals surface area contributed by atoms with Crippen LogP contribution in [-0.4, -0.2) is 29.9 Å². The molecule has 0 saturated carbocycles. The van der Waals surface area contributed by atoms with E-state index in [1.807, 2.05) is 6.92 Å². The van der Waals surface area contributed by atoms with E-state index in [1.54, 1.807) is 0 Å². The first-order chi connectivity index (χ1) is 11.8. The summed E-state index contributed by atoms with van der Waals surface area (Å²) in [5.41, 5.74) is -3.40. The smallest absolute Gasteiger partial charge is 0.392 e. The molecule has 3 nitrogen and oxygen atoms in total. The van der Waals surface area contributed by atoms with Gasteiger partial charge in [0.1, 0.15) is 0 Å². The van der Waals surface area contributed by atoms with E-state index in [0.29, 0.717) is 31.5 Å². The van der Waals surface area contributed by atoms with Crippen molar-refractivity contribution >= 4 is 0 Å². The molecule has 1 aliphatic rings. The molecule has 27 heavy (non-hydrogen) atoms. The predicted octanol–water partition coefficient (Wildman–Crippen LogP) is 4.30. The van der Waals surface area contributed by atoms with Crippen molar-refractivity contribution in [3.63, 3.8) is 0 Å². The minimum absolute atomic E-state index is 0. The number of aliphatic hydroxyl groups excluding tert-OH is 1. The van der Waals surface area contributed by atoms with Crippen LogP contribution >= 0.6 is 0 Å². The van der Waals surface area contributed by atoms with Gasteiger partial charge < -0.3 is 15.2 Å². The minimum atomic E-state index is -4.89. The Kier molecular flexibility index (Phi) is 8.66. The van der Waals surface area contributed by atoms with Gasteiger partial charge in [0.2, 0.25) is 0 Å². The van der Waals surface area contributed by atoms with E-state index >= 15 is 0 Å². The molecule has 0 amide bonds. The van der Waals surface area contributed by atoms with Crippen LogP contribution in [0.1, 0.15) is 49.5 Å². The van der Waals surface area contributed by atoms with E-state index in [9.17, 15) is 31.4 Å². The van der Waals surface area contributed by atoms with Crippen LogP contribution in [0.15, 0.2) is 18.2 Å². The van der Waals surface area contributed by atoms with Crippen LogP contribution in [0.25, 0.3) is 0 Å². The number of nitrogens with one attached hydrogen (secondary N) is 1. The van der Waals surface area contributed by atoms with Gasteiger partial charge in [0.05, 0.1) is 29.9 Å². The molecule has 0 spiro atoms. The molecule has 151 valence electrons. The largest absolute Gasteiger partial charge is 0.416 e. The summed E-state index contributed by atoms with van der Waals surface area (Å²) in [6.07, 6.45) is -10.1. The Bertz CT molecular complexity index is 595. The Morgan fingerprint density at radius 2 is 1.67 bits per heavy atom. The first-order valence-corrected chi connectivity index (χ1v) is 8.14. The molecule has 0 aliphatic carbocycles. The fourth-order valence-corrected chi connectivity index (χ4v) is 2.78. The number of rotatable bonds is 4. The van der Waals surface area contributed by atoms with Gasteiger partial charge in [-0.25, -0.2) is 0 Å². The second kappa shape index (κ2) is 9.29. The average Bonchev–Trinajstić information content (AvgIpc) is 2.54. The minimum Gasteiger partial charge on any atom is -0.392 e. The first kappa shape index (κ1) is 25.2. The average molecular weight is 612 g/mol. The number of hydrogen-bond acceptors (Lipinski definition) is 3. The summed E-state index contributed by atoms with van der Waals surface area (Å²) in [7, 11) is 0. The van der Waals surface area contributed by atoms with Crippen molar-refractivity contribution in [2.24, 2.45) is 0 Å². The van der Waals surface area contributed by atoms with Gasteiger partial charge in [-0.3, -0.25) is 0 Å². The first-order valence-electron chi connectivity index (χ1n) is 8.14. The Morgan fingerprint density at radius 1 is 1.15 bits per heavy atom. The van der Waals surface area contributed by atoms with Gasteiger partial charge in [-0.2, -0.15) is 26.3 Å². The van der Waals surface area contributed by atoms with Crippen LogP contribution in [0.4, 0.5) is 26.3 Å². The standard InChI is InChI=1S/C17H21F6NO2.Ac/c1-10(26-9-15(2)4-3-14(25)8-24-15)11-5-12(16(18,19)20)7-13(6-11)17(21,22)23;/h5-7,10,14,24-25H,3-4,8-9H2,1-2H3;/t10-,14?,15-;/m1./s1. The topological polar surface area (TPSA) is 41.5 Å². The quantitative estimate of drug-likeness (QED) is 0.499. The van der Waals surface area contributed by atoms with Crippen LogP contribution in [0.3, 0.4) is 0 Å². The molecule has 0 bridgehead atoms. The Labute approximate surface area is 189 Å². The molecule has 2 N–H and O–H groups in total. The fourth-order valence-electron chi connectivity index (χ4n) is 2.78. The summed E-state index contributed by atoms with van der Waals surface area (Å²) in [4.78, 5) is 0. The summed E-state index contributed by atoms with van der Waals surface area (Å²) >= 11 is 0. The van der Waals surface area contributed by atoms with Gasteiger partial charge in [-0.15, -0.1) is 0 Å². The molecule has 1 fully saturated rings. The maximum absolute atomic E-state index is 12.9. The van der Waals surface area contributed by atoms with Crippen LogP contribution in [0.5, 0.6) is 0 Å². The van der Waals surface area contributed by atoms with Crippen LogP contribution in [-0.2, 0) is 17.1 Å². The third-order valence-electron chi connectivity index (χ3n) is 4.53. The molecule has 1 unspecified atom stereocenters. The van der Waals surface area contributed by atoms with Crippen LogP contribution in [0.2, 0.25) is 0 Å². The zero-order chi connectivity index (χ0) is 19.8. The molecule has 1 aliphatic heterocycles. The van der Waals surface area contributed by atoms with Gasteiger partial charge >= 0.3 is 12.4 Å². The van der Waals surface area contributed by atoms with Gasteiger partial charge in [-0.1, -0.05) is 0 Å². The number of ether oxygens (including phenoxy) is 1. The van der Waals surface area contributed by atoms with Crippen molar-refractivity contribution in [3.8, 4) is 0 Å². The van der Waals surface area contributed by atoms with Gasteiger partial charge in [0.15, 0.2) is 0 Å². The van der Waals surface area contributed by atoms with E-state index < -0.39 is 41.2 Å². The fraction of sp³-hybridized carbons (Fsp3) is 0.647. The molecule has 1 radical (unpaired) electrons. The van der Waals surface area contributed by atoms with Gasteiger partial charge in [0, 0.05) is 56.1 Å². The number of alkyl halides is 6. The maximum Gasteiger partial charge on any atom is 0.416 e. The normalized spacial score (nSPS) is 25.0. The zero-order valence-electron chi connectivity index (χ0n) is 14.9. The molecule has 1 aromatic rings. The molecule has 0 aromatic heterocycles. The van der Waals surface area contributed by atoms with Crippen molar-refractivity contribution in [2.75, 3.05) is 13.2 Å². The van der Waals surface area contributed by atoms with Crippen LogP contribution in [0, 0.1) is 44.1 Å². The van der Waals surface area contributed by atoms with Crippen molar-refractivity contribution in [1.29, 1.82) is 0 Å². The van der Waals surface area contributed by atoms with E-state index in [1.165, 1.54) is 6.92 Å². The Balaban J connectivity index is 0.00000364. The van der Waals surface area contributed by atoms with E-state index in [0.717, 1.165) is 0 Å². The molecule has 1 heterocycles. The summed E-state index contributed by atoms with van der Waals surface area (Å²) in [6.45, 7) is 3.70. The molecule has 3 atom stereocenters. The van der Waals surface area contributed by atoms with Gasteiger partial charge in [0.25, 0.3) is 0 Å². The van der Waals surface area contributed by atoms with E-state index in [2.05, 4.69) is 5.32 Å². The van der Waals surface area contributed by atoms with Crippen molar-refractivity contribution < 1.29 is 80.2 Å². The second-order valence-electron chi connectivity index (χ2n) is 6.93. The second-order valence-corrected chi connectivity index (χ2v) is 6.93. The van der Waals surface area contributed by atoms with Gasteiger partial charge in [-0.05, 0) is 50.5 Å². The Morgan fingerprint density at radius 3 is 2.07 bits per heavy atom. The molecule has 1 aromatic carbocycles. The number of halogens is 6. The number of hydrogen-bond donors (Lipinski definition) is 2. The SMILES string of the molecule is C[C@@H](OC[C@@]1(C)CCC(O)CN1)c1cc(C(F)(F)F)cc(C(F)(F)F)c1.[Ac]. The molecule has 1 saturated heterocycles. The summed E-state index contributed by atoms with van der Waals surface area (Å²) in [5, 5.41) is 12.6. The molecule has 2 rings (SSSR count). The maximum atomic E-state index is 12.9. The van der Waals surface area contributed by atoms with Crippen LogP contribution < -0.4 is 5.32 Å². The summed E-state index contributed by atoms with van der Waals surface area (Å²) in [6, 6.07) is 1.46. The number of benzene rings is 1. The van der Waals surface area contributed by atoms with E-state index in [-0.39, 0.29) is 62.3 Å². The number of β-amino-alcohol motifs (C(OH)–C–C–N with tert-alkyl or cyclic N) is 1. The van der Waals surface area contributed by atoms with E-state index in [4.69, 9.17) is 4.74 Å². The van der Waals surface area contributed by atoms with Crippen molar-refractivity contribution in [2.45, 2.75) is 56.8 Å². The number of piperidine rings is 1. The molecular weight excluding hydrogens is 591 g/mol. The molecule has 10 heteroatoms. The molecular formula is C17H21AcF6NO2. The predicted molar refractivity (Wildman–Crippen MR) is 82.5 cm³/mol. The summed E-state index contributed by atoms with van der Waals surface area (Å²) < 4.78 is 83.2. The summed E-state index contributed by atoms with van der Waals surface area (Å²) in [5.74, 6) is 0. The monoisotopic (exact) mass is 612 g/mol. The van der Waals surface area contributed by atoms with Crippen molar-refractivity contribution in [3.05, 3.63) is 34.9 Å². The van der Waals surface area contributed by atoms with Crippen molar-refractivity contribution in [1.82, 2.24) is 5.32 Å². The third-order valence-corrected chi connectivity index (χ3v) is 4.53. The zero-order valence-corrected chi connectivity index (χ0v) is 19.7. The number of aliphatic hydroxyl groups is 1. The third kappa shape index (κ3) is 7.14. The Hall–Kier alpha value is 0.122.